The average molecular weight is 422 g/mol. The minimum Gasteiger partial charge on any atom is -0.493 e. The summed E-state index contributed by atoms with van der Waals surface area (Å²) in [5.74, 6) is 1.28. The lowest BCUT2D eigenvalue weighted by atomic mass is 10.1. The molecule has 1 atom stereocenters. The van der Waals surface area contributed by atoms with Crippen LogP contribution in [-0.4, -0.2) is 28.8 Å². The van der Waals surface area contributed by atoms with Crippen LogP contribution in [0.1, 0.15) is 35.6 Å². The zero-order valence-corrected chi connectivity index (χ0v) is 16.9. The third-order valence-corrected chi connectivity index (χ3v) is 4.68. The van der Waals surface area contributed by atoms with Crippen molar-refractivity contribution in [2.24, 2.45) is 5.73 Å². The van der Waals surface area contributed by atoms with E-state index in [1.54, 1.807) is 25.1 Å². The van der Waals surface area contributed by atoms with E-state index in [-0.39, 0.29) is 23.4 Å². The largest absolute Gasteiger partial charge is 0.493 e. The molecule has 1 unspecified atom stereocenters. The Balaban J connectivity index is 2.17. The summed E-state index contributed by atoms with van der Waals surface area (Å²) in [6, 6.07) is 4.99. The van der Waals surface area contributed by atoms with E-state index in [1.165, 1.54) is 25.7 Å². The monoisotopic (exact) mass is 422 g/mol. The molecule has 0 amide bonds. The van der Waals surface area contributed by atoms with E-state index in [4.69, 9.17) is 15.2 Å². The van der Waals surface area contributed by atoms with E-state index in [0.29, 0.717) is 11.5 Å². The molecular formula is C20H21F3N4O3. The number of ether oxygens (including phenoxy) is 2. The molecule has 3 rings (SSSR count). The number of pyridine rings is 1. The molecule has 160 valence electrons. The summed E-state index contributed by atoms with van der Waals surface area (Å²) in [4.78, 5) is 21.2. The molecule has 2 heterocycles. The fraction of sp³-hybridized carbons (Fsp3) is 0.350. The summed E-state index contributed by atoms with van der Waals surface area (Å²) in [5.41, 5.74) is 4.18. The SMILES string of the molecule is COc1ccc(Cn2c(C)nc3cc(C(F)(F)F)c(C(C)N)nc3c2=O)cc1OC. The predicted molar refractivity (Wildman–Crippen MR) is 105 cm³/mol. The average Bonchev–Trinajstić information content (AvgIpc) is 2.69. The second-order valence-corrected chi connectivity index (χ2v) is 6.81. The summed E-state index contributed by atoms with van der Waals surface area (Å²) in [6.45, 7) is 3.06. The second-order valence-electron chi connectivity index (χ2n) is 6.81. The molecule has 0 bridgehead atoms. The summed E-state index contributed by atoms with van der Waals surface area (Å²) < 4.78 is 52.0. The van der Waals surface area contributed by atoms with Crippen LogP contribution in [-0.2, 0) is 12.7 Å². The zero-order chi connectivity index (χ0) is 22.2. The Kier molecular flexibility index (Phi) is 5.71. The minimum absolute atomic E-state index is 0.127. The van der Waals surface area contributed by atoms with E-state index in [1.807, 2.05) is 0 Å². The van der Waals surface area contributed by atoms with Crippen molar-refractivity contribution >= 4 is 11.0 Å². The number of nitrogens with zero attached hydrogens (tertiary/aromatic N) is 3. The maximum Gasteiger partial charge on any atom is 0.418 e. The molecule has 7 nitrogen and oxygen atoms in total. The fourth-order valence-corrected chi connectivity index (χ4v) is 3.19. The van der Waals surface area contributed by atoms with Crippen LogP contribution in [0.15, 0.2) is 29.1 Å². The van der Waals surface area contributed by atoms with Crippen molar-refractivity contribution in [2.45, 2.75) is 32.6 Å². The number of methoxy groups -OCH3 is 2. The minimum atomic E-state index is -4.66. The molecule has 10 heteroatoms. The molecule has 2 N–H and O–H groups in total. The van der Waals surface area contributed by atoms with Crippen molar-refractivity contribution < 1.29 is 22.6 Å². The van der Waals surface area contributed by atoms with Gasteiger partial charge in [-0.2, -0.15) is 13.2 Å². The quantitative estimate of drug-likeness (QED) is 0.679. The van der Waals surface area contributed by atoms with E-state index in [2.05, 4.69) is 9.97 Å². The highest BCUT2D eigenvalue weighted by atomic mass is 19.4. The Morgan fingerprint density at radius 1 is 1.13 bits per heavy atom. The second kappa shape index (κ2) is 7.94. The van der Waals surface area contributed by atoms with Crippen molar-refractivity contribution in [3.8, 4) is 11.5 Å². The van der Waals surface area contributed by atoms with Crippen molar-refractivity contribution in [1.29, 1.82) is 0 Å². The molecule has 0 aliphatic heterocycles. The molecule has 0 saturated heterocycles. The number of nitrogens with two attached hydrogens (primary N) is 1. The van der Waals surface area contributed by atoms with Crippen molar-refractivity contribution in [3.63, 3.8) is 0 Å². The molecule has 0 spiro atoms. The maximum absolute atomic E-state index is 13.4. The Hall–Kier alpha value is -3.14. The van der Waals surface area contributed by atoms with Crippen LogP contribution in [0, 0.1) is 6.92 Å². The van der Waals surface area contributed by atoms with E-state index >= 15 is 0 Å². The van der Waals surface area contributed by atoms with Gasteiger partial charge in [-0.25, -0.2) is 9.97 Å². The van der Waals surface area contributed by atoms with Gasteiger partial charge in [0.2, 0.25) is 0 Å². The molecule has 1 aromatic carbocycles. The van der Waals surface area contributed by atoms with Gasteiger partial charge in [0, 0.05) is 6.04 Å². The highest BCUT2D eigenvalue weighted by Crippen LogP contribution is 2.34. The Bertz CT molecular complexity index is 1160. The van der Waals surface area contributed by atoms with Crippen molar-refractivity contribution in [1.82, 2.24) is 14.5 Å². The lowest BCUT2D eigenvalue weighted by molar-refractivity contribution is -0.138. The van der Waals surface area contributed by atoms with Gasteiger partial charge in [0.15, 0.2) is 17.0 Å². The first-order valence-corrected chi connectivity index (χ1v) is 9.02. The van der Waals surface area contributed by atoms with Crippen molar-refractivity contribution in [3.05, 3.63) is 57.3 Å². The maximum atomic E-state index is 13.4. The number of benzene rings is 1. The van der Waals surface area contributed by atoms with Crippen LogP contribution < -0.4 is 20.8 Å². The van der Waals surface area contributed by atoms with Gasteiger partial charge in [0.25, 0.3) is 5.56 Å². The number of hydrogen-bond acceptors (Lipinski definition) is 6. The molecule has 0 aliphatic rings. The standard InChI is InChI=1S/C20H21F3N4O3/c1-10(24)17-13(20(21,22)23)8-14-18(26-17)19(28)27(11(2)25-14)9-12-5-6-15(29-3)16(7-12)30-4/h5-8,10H,9,24H2,1-4H3. The van der Waals surface area contributed by atoms with Crippen LogP contribution in [0.4, 0.5) is 13.2 Å². The topological polar surface area (TPSA) is 92.3 Å². The Morgan fingerprint density at radius 3 is 2.37 bits per heavy atom. The molecule has 0 radical (unpaired) electrons. The lowest BCUT2D eigenvalue weighted by Gasteiger charge is -2.17. The Labute approximate surface area is 170 Å². The van der Waals surface area contributed by atoms with Crippen LogP contribution in [0.25, 0.3) is 11.0 Å². The number of halogens is 3. The summed E-state index contributed by atoms with van der Waals surface area (Å²) >= 11 is 0. The van der Waals surface area contributed by atoms with Gasteiger partial charge < -0.3 is 15.2 Å². The van der Waals surface area contributed by atoms with Gasteiger partial charge in [0.1, 0.15) is 5.82 Å². The van der Waals surface area contributed by atoms with E-state index < -0.39 is 29.0 Å². The molecule has 3 aromatic rings. The lowest BCUT2D eigenvalue weighted by Crippen LogP contribution is -2.27. The zero-order valence-electron chi connectivity index (χ0n) is 16.9. The van der Waals surface area contributed by atoms with Crippen LogP contribution >= 0.6 is 0 Å². The first-order valence-electron chi connectivity index (χ1n) is 9.02. The number of fused-ring (bicyclic) bond motifs is 1. The molecule has 30 heavy (non-hydrogen) atoms. The van der Waals surface area contributed by atoms with Crippen LogP contribution in [0.3, 0.4) is 0 Å². The number of aromatic nitrogens is 3. The normalized spacial score (nSPS) is 12.8. The van der Waals surface area contributed by atoms with E-state index in [9.17, 15) is 18.0 Å². The highest BCUT2D eigenvalue weighted by Gasteiger charge is 2.36. The van der Waals surface area contributed by atoms with Gasteiger partial charge in [-0.3, -0.25) is 9.36 Å². The van der Waals surface area contributed by atoms with Gasteiger partial charge >= 0.3 is 6.18 Å². The third kappa shape index (κ3) is 3.95. The number of rotatable bonds is 5. The molecule has 0 fully saturated rings. The predicted octanol–water partition coefficient (Wildman–Crippen LogP) is 3.20. The third-order valence-electron chi connectivity index (χ3n) is 4.68. The van der Waals surface area contributed by atoms with Gasteiger partial charge in [-0.1, -0.05) is 6.07 Å². The summed E-state index contributed by atoms with van der Waals surface area (Å²) in [6.07, 6.45) is -4.66. The Morgan fingerprint density at radius 2 is 1.80 bits per heavy atom. The smallest absolute Gasteiger partial charge is 0.418 e. The van der Waals surface area contributed by atoms with Crippen LogP contribution in [0.5, 0.6) is 11.5 Å². The highest BCUT2D eigenvalue weighted by molar-refractivity contribution is 5.74. The molecule has 0 aliphatic carbocycles. The van der Waals surface area contributed by atoms with Crippen molar-refractivity contribution in [2.75, 3.05) is 14.2 Å². The number of hydrogen-bond donors (Lipinski definition) is 1. The molecular weight excluding hydrogens is 401 g/mol. The summed E-state index contributed by atoms with van der Waals surface area (Å²) in [5, 5.41) is 0. The van der Waals surface area contributed by atoms with E-state index in [0.717, 1.165) is 11.6 Å². The fourth-order valence-electron chi connectivity index (χ4n) is 3.19. The number of alkyl halides is 3. The summed E-state index contributed by atoms with van der Waals surface area (Å²) in [7, 11) is 3.00. The number of aryl methyl sites for hydroxylation is 1. The first-order chi connectivity index (χ1) is 14.1. The van der Waals surface area contributed by atoms with Gasteiger partial charge in [0.05, 0.1) is 37.5 Å². The molecule has 2 aromatic heterocycles. The van der Waals surface area contributed by atoms with Gasteiger partial charge in [-0.05, 0) is 37.6 Å². The first kappa shape index (κ1) is 21.6. The van der Waals surface area contributed by atoms with Gasteiger partial charge in [-0.15, -0.1) is 0 Å². The van der Waals surface area contributed by atoms with Crippen LogP contribution in [0.2, 0.25) is 0 Å². The molecule has 0 saturated carbocycles.